The van der Waals surface area contributed by atoms with Gasteiger partial charge in [-0.15, -0.1) is 0 Å². The highest BCUT2D eigenvalue weighted by Gasteiger charge is 2.23. The van der Waals surface area contributed by atoms with Crippen molar-refractivity contribution in [1.82, 2.24) is 9.97 Å². The Morgan fingerprint density at radius 1 is 1.26 bits per heavy atom. The molecule has 0 aliphatic heterocycles. The highest BCUT2D eigenvalue weighted by atomic mass is 35.5. The molecule has 0 unspecified atom stereocenters. The third-order valence-corrected chi connectivity index (χ3v) is 3.79. The molecule has 0 aliphatic carbocycles. The molecule has 120 valence electrons. The van der Waals surface area contributed by atoms with Gasteiger partial charge < -0.3 is 5.11 Å². The number of nitro benzene ring substituents is 1. The van der Waals surface area contributed by atoms with Crippen molar-refractivity contribution in [2.45, 2.75) is 19.3 Å². The molecule has 2 rings (SSSR count). The summed E-state index contributed by atoms with van der Waals surface area (Å²) in [5.74, 6) is -1.71. The van der Waals surface area contributed by atoms with E-state index in [0.717, 1.165) is 5.56 Å². The first kappa shape index (κ1) is 17.1. The second kappa shape index (κ2) is 6.89. The molecule has 1 heterocycles. The molecule has 0 spiro atoms. The summed E-state index contributed by atoms with van der Waals surface area (Å²) in [6.07, 6.45) is 0.263. The van der Waals surface area contributed by atoms with Crippen LogP contribution in [0.1, 0.15) is 29.8 Å². The average Bonchev–Trinajstić information content (AvgIpc) is 2.46. The van der Waals surface area contributed by atoms with Gasteiger partial charge in [-0.1, -0.05) is 35.3 Å². The molecule has 0 fully saturated rings. The van der Waals surface area contributed by atoms with E-state index in [4.69, 9.17) is 28.3 Å². The number of halogens is 2. The second-order valence-corrected chi connectivity index (χ2v) is 5.51. The molecule has 2 aromatic rings. The van der Waals surface area contributed by atoms with Gasteiger partial charge >= 0.3 is 5.97 Å². The lowest BCUT2D eigenvalue weighted by Gasteiger charge is -2.11. The first-order valence-corrected chi connectivity index (χ1v) is 7.23. The van der Waals surface area contributed by atoms with E-state index >= 15 is 0 Å². The van der Waals surface area contributed by atoms with E-state index in [1.165, 1.54) is 19.1 Å². The number of nitrogens with zero attached hydrogens (tertiary/aromatic N) is 3. The van der Waals surface area contributed by atoms with Gasteiger partial charge in [0, 0.05) is 24.1 Å². The fourth-order valence-electron chi connectivity index (χ4n) is 1.94. The Labute approximate surface area is 141 Å². The third kappa shape index (κ3) is 3.94. The molecule has 1 aromatic carbocycles. The fraction of sp³-hybridized carbons (Fsp3) is 0.214. The molecule has 1 N–H and O–H groups in total. The zero-order valence-electron chi connectivity index (χ0n) is 11.9. The Balaban J connectivity index is 2.28. The first-order valence-electron chi connectivity index (χ1n) is 6.47. The number of carboxylic acid groups (broad SMARTS) is 1. The quantitative estimate of drug-likeness (QED) is 0.499. The lowest BCUT2D eigenvalue weighted by molar-refractivity contribution is -0.384. The SMILES string of the molecule is C[C@H](C(=O)O)c1c(Cl)nc(Cc2ccc([N+](=O)[O-])cc2)nc1Cl. The van der Waals surface area contributed by atoms with Gasteiger partial charge in [0.2, 0.25) is 0 Å². The third-order valence-electron chi connectivity index (χ3n) is 3.21. The van der Waals surface area contributed by atoms with E-state index in [1.807, 2.05) is 0 Å². The van der Waals surface area contributed by atoms with Crippen LogP contribution in [0.4, 0.5) is 5.69 Å². The maximum atomic E-state index is 11.0. The zero-order chi connectivity index (χ0) is 17.1. The summed E-state index contributed by atoms with van der Waals surface area (Å²) in [6.45, 7) is 1.44. The van der Waals surface area contributed by atoms with Gasteiger partial charge in [-0.2, -0.15) is 0 Å². The van der Waals surface area contributed by atoms with Gasteiger partial charge in [-0.25, -0.2) is 9.97 Å². The van der Waals surface area contributed by atoms with Gasteiger partial charge in [0.1, 0.15) is 16.1 Å². The highest BCUT2D eigenvalue weighted by molar-refractivity contribution is 6.35. The van der Waals surface area contributed by atoms with Crippen molar-refractivity contribution in [1.29, 1.82) is 0 Å². The van der Waals surface area contributed by atoms with Crippen LogP contribution in [0.2, 0.25) is 10.3 Å². The van der Waals surface area contributed by atoms with Gasteiger partial charge in [-0.3, -0.25) is 14.9 Å². The highest BCUT2D eigenvalue weighted by Crippen LogP contribution is 2.29. The maximum Gasteiger partial charge on any atom is 0.310 e. The molecule has 0 saturated heterocycles. The molecule has 9 heteroatoms. The number of carbonyl (C=O) groups is 1. The van der Waals surface area contributed by atoms with Crippen molar-refractivity contribution in [2.24, 2.45) is 0 Å². The largest absolute Gasteiger partial charge is 0.481 e. The van der Waals surface area contributed by atoms with Crippen LogP contribution in [0.5, 0.6) is 0 Å². The van der Waals surface area contributed by atoms with Crippen LogP contribution in [0.25, 0.3) is 0 Å². The van der Waals surface area contributed by atoms with E-state index in [0.29, 0.717) is 5.82 Å². The van der Waals surface area contributed by atoms with Crippen LogP contribution in [-0.4, -0.2) is 26.0 Å². The lowest BCUT2D eigenvalue weighted by atomic mass is 10.1. The van der Waals surface area contributed by atoms with E-state index in [2.05, 4.69) is 9.97 Å². The minimum Gasteiger partial charge on any atom is -0.481 e. The minimum absolute atomic E-state index is 0.0168. The second-order valence-electron chi connectivity index (χ2n) is 4.80. The van der Waals surface area contributed by atoms with E-state index in [9.17, 15) is 14.9 Å². The van der Waals surface area contributed by atoms with Crippen molar-refractivity contribution in [3.8, 4) is 0 Å². The van der Waals surface area contributed by atoms with E-state index in [1.54, 1.807) is 12.1 Å². The average molecular weight is 356 g/mol. The number of benzene rings is 1. The monoisotopic (exact) mass is 355 g/mol. The van der Waals surface area contributed by atoms with Crippen LogP contribution >= 0.6 is 23.2 Å². The number of aliphatic carboxylic acids is 1. The zero-order valence-corrected chi connectivity index (χ0v) is 13.4. The maximum absolute atomic E-state index is 11.0. The number of carboxylic acids is 1. The summed E-state index contributed by atoms with van der Waals surface area (Å²) >= 11 is 12.0. The molecular formula is C14H11Cl2N3O4. The standard InChI is InChI=1S/C14H11Cl2N3O4/c1-7(14(20)21)11-12(15)17-10(18-13(11)16)6-8-2-4-9(5-3-8)19(22)23/h2-5,7H,6H2,1H3,(H,20,21)/t7-/m0/s1. The molecule has 0 bridgehead atoms. The molecule has 0 radical (unpaired) electrons. The van der Waals surface area contributed by atoms with Gasteiger partial charge in [0.05, 0.1) is 10.8 Å². The normalized spacial score (nSPS) is 12.0. The summed E-state index contributed by atoms with van der Waals surface area (Å²) in [5, 5.41) is 19.6. The van der Waals surface area contributed by atoms with Crippen LogP contribution < -0.4 is 0 Å². The first-order chi connectivity index (χ1) is 10.8. The Kier molecular flexibility index (Phi) is 5.12. The number of nitro groups is 1. The molecule has 23 heavy (non-hydrogen) atoms. The topological polar surface area (TPSA) is 106 Å². The van der Waals surface area contributed by atoms with Crippen molar-refractivity contribution in [3.63, 3.8) is 0 Å². The molecule has 0 amide bonds. The summed E-state index contributed by atoms with van der Waals surface area (Å²) in [5.41, 5.74) is 0.881. The van der Waals surface area contributed by atoms with Crippen LogP contribution in [-0.2, 0) is 11.2 Å². The Morgan fingerprint density at radius 3 is 2.22 bits per heavy atom. The van der Waals surface area contributed by atoms with Crippen molar-refractivity contribution in [3.05, 3.63) is 61.6 Å². The Hall–Kier alpha value is -2.25. The molecule has 1 aromatic heterocycles. The molecular weight excluding hydrogens is 345 g/mol. The van der Waals surface area contributed by atoms with Crippen molar-refractivity contribution >= 4 is 34.9 Å². The summed E-state index contributed by atoms with van der Waals surface area (Å²) in [7, 11) is 0. The lowest BCUT2D eigenvalue weighted by Crippen LogP contribution is -2.11. The summed E-state index contributed by atoms with van der Waals surface area (Å²) < 4.78 is 0. The summed E-state index contributed by atoms with van der Waals surface area (Å²) in [6, 6.07) is 5.91. The molecule has 0 saturated carbocycles. The number of non-ortho nitro benzene ring substituents is 1. The Bertz CT molecular complexity index is 742. The van der Waals surface area contributed by atoms with Crippen LogP contribution in [0, 0.1) is 10.1 Å². The fourth-order valence-corrected chi connectivity index (χ4v) is 2.68. The van der Waals surface area contributed by atoms with Crippen molar-refractivity contribution in [2.75, 3.05) is 0 Å². The number of hydrogen-bond donors (Lipinski definition) is 1. The predicted molar refractivity (Wildman–Crippen MR) is 84.0 cm³/mol. The van der Waals surface area contributed by atoms with Gasteiger partial charge in [0.25, 0.3) is 5.69 Å². The smallest absolute Gasteiger partial charge is 0.310 e. The van der Waals surface area contributed by atoms with Crippen LogP contribution in [0.3, 0.4) is 0 Å². The molecule has 0 aliphatic rings. The van der Waals surface area contributed by atoms with Gasteiger partial charge in [-0.05, 0) is 12.5 Å². The number of rotatable bonds is 5. The van der Waals surface area contributed by atoms with E-state index in [-0.39, 0.29) is 28.0 Å². The van der Waals surface area contributed by atoms with Crippen LogP contribution in [0.15, 0.2) is 24.3 Å². The minimum atomic E-state index is -1.08. The molecule has 7 nitrogen and oxygen atoms in total. The number of hydrogen-bond acceptors (Lipinski definition) is 5. The number of aromatic nitrogens is 2. The van der Waals surface area contributed by atoms with Crippen molar-refractivity contribution < 1.29 is 14.8 Å². The Morgan fingerprint density at radius 2 is 1.78 bits per heavy atom. The summed E-state index contributed by atoms with van der Waals surface area (Å²) in [4.78, 5) is 29.3. The van der Waals surface area contributed by atoms with Gasteiger partial charge in [0.15, 0.2) is 0 Å². The van der Waals surface area contributed by atoms with E-state index < -0.39 is 16.8 Å². The predicted octanol–water partition coefficient (Wildman–Crippen LogP) is 3.47. The molecule has 1 atom stereocenters.